The molecule has 0 aliphatic heterocycles. The van der Waals surface area contributed by atoms with E-state index in [1.165, 1.54) is 11.8 Å². The number of ether oxygens (including phenoxy) is 1. The van der Waals surface area contributed by atoms with E-state index in [1.807, 2.05) is 78.9 Å². The van der Waals surface area contributed by atoms with Gasteiger partial charge in [-0.2, -0.15) is 0 Å². The average Bonchev–Trinajstić information content (AvgIpc) is 2.91. The maximum Gasteiger partial charge on any atom is 0.243 e. The standard InChI is InChI=1S/C30H35ClN2O3S/c1-22(2)18-32-30(35)28(17-23-10-5-4-6-11-23)33(19-24-12-9-14-26(16-24)36-3)29(34)21-37-20-25-13-7-8-15-27(25)31/h4-16,22,28H,17-21H2,1-3H3,(H,32,35). The van der Waals surface area contributed by atoms with Gasteiger partial charge in [-0.3, -0.25) is 9.59 Å². The molecule has 3 rings (SSSR count). The summed E-state index contributed by atoms with van der Waals surface area (Å²) in [5, 5.41) is 3.74. The first kappa shape index (κ1) is 28.6. The van der Waals surface area contributed by atoms with Crippen LogP contribution >= 0.6 is 23.4 Å². The first-order chi connectivity index (χ1) is 17.9. The Hall–Kier alpha value is -2.96. The van der Waals surface area contributed by atoms with Crippen LogP contribution in [0.5, 0.6) is 5.75 Å². The third kappa shape index (κ3) is 9.13. The van der Waals surface area contributed by atoms with Crippen molar-refractivity contribution in [2.75, 3.05) is 19.4 Å². The van der Waals surface area contributed by atoms with Gasteiger partial charge in [0.2, 0.25) is 11.8 Å². The number of carbonyl (C=O) groups excluding carboxylic acids is 2. The lowest BCUT2D eigenvalue weighted by Gasteiger charge is -2.32. The minimum Gasteiger partial charge on any atom is -0.497 e. The Morgan fingerprint density at radius 2 is 1.68 bits per heavy atom. The van der Waals surface area contributed by atoms with Gasteiger partial charge < -0.3 is 15.0 Å². The summed E-state index contributed by atoms with van der Waals surface area (Å²) in [6.45, 7) is 4.95. The summed E-state index contributed by atoms with van der Waals surface area (Å²) in [6.07, 6.45) is 0.426. The first-order valence-electron chi connectivity index (χ1n) is 12.4. The van der Waals surface area contributed by atoms with Gasteiger partial charge in [0, 0.05) is 30.3 Å². The fourth-order valence-electron chi connectivity index (χ4n) is 3.89. The minimum absolute atomic E-state index is 0.0968. The molecule has 0 saturated heterocycles. The van der Waals surface area contributed by atoms with E-state index >= 15 is 0 Å². The molecule has 0 radical (unpaired) electrons. The Labute approximate surface area is 229 Å². The Morgan fingerprint density at radius 1 is 0.973 bits per heavy atom. The largest absolute Gasteiger partial charge is 0.497 e. The number of thioether (sulfide) groups is 1. The topological polar surface area (TPSA) is 58.6 Å². The number of carbonyl (C=O) groups is 2. The Balaban J connectivity index is 1.87. The molecule has 3 aromatic rings. The van der Waals surface area contributed by atoms with E-state index in [0.717, 1.165) is 16.7 Å². The van der Waals surface area contributed by atoms with E-state index in [9.17, 15) is 9.59 Å². The zero-order valence-corrected chi connectivity index (χ0v) is 23.2. The van der Waals surface area contributed by atoms with Crippen molar-refractivity contribution >= 4 is 35.2 Å². The molecule has 0 bridgehead atoms. The molecule has 0 aromatic heterocycles. The summed E-state index contributed by atoms with van der Waals surface area (Å²) >= 11 is 7.80. The molecule has 0 spiro atoms. The molecule has 0 aliphatic rings. The van der Waals surface area contributed by atoms with E-state index in [-0.39, 0.29) is 17.6 Å². The highest BCUT2D eigenvalue weighted by atomic mass is 35.5. The highest BCUT2D eigenvalue weighted by Crippen LogP contribution is 2.23. The molecule has 3 aromatic carbocycles. The van der Waals surface area contributed by atoms with Gasteiger partial charge in [0.05, 0.1) is 12.9 Å². The van der Waals surface area contributed by atoms with Crippen LogP contribution in [0.2, 0.25) is 5.02 Å². The van der Waals surface area contributed by atoms with Crippen molar-refractivity contribution in [2.24, 2.45) is 5.92 Å². The van der Waals surface area contributed by atoms with Gasteiger partial charge in [-0.05, 0) is 40.8 Å². The van der Waals surface area contributed by atoms with Crippen LogP contribution in [-0.2, 0) is 28.3 Å². The molecule has 2 amide bonds. The second-order valence-electron chi connectivity index (χ2n) is 9.30. The molecular formula is C30H35ClN2O3S. The summed E-state index contributed by atoms with van der Waals surface area (Å²) < 4.78 is 5.39. The number of nitrogens with one attached hydrogen (secondary N) is 1. The van der Waals surface area contributed by atoms with Crippen LogP contribution in [-0.4, -0.2) is 42.2 Å². The monoisotopic (exact) mass is 538 g/mol. The molecule has 0 saturated carbocycles. The van der Waals surface area contributed by atoms with Crippen LogP contribution in [0.4, 0.5) is 0 Å². The number of hydrogen-bond donors (Lipinski definition) is 1. The predicted molar refractivity (Wildman–Crippen MR) is 153 cm³/mol. The van der Waals surface area contributed by atoms with Gasteiger partial charge >= 0.3 is 0 Å². The number of benzene rings is 3. The van der Waals surface area contributed by atoms with Crippen LogP contribution in [0.25, 0.3) is 0 Å². The molecule has 1 unspecified atom stereocenters. The van der Waals surface area contributed by atoms with Gasteiger partial charge in [0.15, 0.2) is 0 Å². The third-order valence-corrected chi connectivity index (χ3v) is 7.22. The molecule has 196 valence electrons. The molecule has 7 heteroatoms. The molecule has 5 nitrogen and oxygen atoms in total. The van der Waals surface area contributed by atoms with Crippen molar-refractivity contribution in [3.05, 3.63) is 101 Å². The van der Waals surface area contributed by atoms with Crippen molar-refractivity contribution in [1.82, 2.24) is 10.2 Å². The highest BCUT2D eigenvalue weighted by Gasteiger charge is 2.30. The summed E-state index contributed by atoms with van der Waals surface area (Å²) in [4.78, 5) is 28.9. The normalized spacial score (nSPS) is 11.7. The van der Waals surface area contributed by atoms with E-state index in [4.69, 9.17) is 16.3 Å². The van der Waals surface area contributed by atoms with Gasteiger partial charge in [-0.15, -0.1) is 11.8 Å². The van der Waals surface area contributed by atoms with Crippen molar-refractivity contribution in [1.29, 1.82) is 0 Å². The number of halogens is 1. The lowest BCUT2D eigenvalue weighted by molar-refractivity contribution is -0.139. The fraction of sp³-hybridized carbons (Fsp3) is 0.333. The number of methoxy groups -OCH3 is 1. The van der Waals surface area contributed by atoms with Crippen molar-refractivity contribution in [2.45, 2.75) is 38.6 Å². The second kappa shape index (κ2) is 14.7. The highest BCUT2D eigenvalue weighted by molar-refractivity contribution is 7.99. The first-order valence-corrected chi connectivity index (χ1v) is 14.0. The maximum absolute atomic E-state index is 13.7. The fourth-order valence-corrected chi connectivity index (χ4v) is 5.09. The number of nitrogens with zero attached hydrogens (tertiary/aromatic N) is 1. The zero-order valence-electron chi connectivity index (χ0n) is 21.7. The molecule has 1 N–H and O–H groups in total. The summed E-state index contributed by atoms with van der Waals surface area (Å²) in [5.74, 6) is 1.61. The minimum atomic E-state index is -0.652. The quantitative estimate of drug-likeness (QED) is 0.290. The molecule has 37 heavy (non-hydrogen) atoms. The molecule has 0 fully saturated rings. The van der Waals surface area contributed by atoms with Gasteiger partial charge in [-0.25, -0.2) is 0 Å². The smallest absolute Gasteiger partial charge is 0.243 e. The van der Waals surface area contributed by atoms with Crippen LogP contribution in [0.3, 0.4) is 0 Å². The molecule has 0 heterocycles. The number of amides is 2. The summed E-state index contributed by atoms with van der Waals surface area (Å²) in [6, 6.07) is 24.4. The van der Waals surface area contributed by atoms with E-state index in [2.05, 4.69) is 19.2 Å². The molecule has 0 aliphatic carbocycles. The van der Waals surface area contributed by atoms with Crippen LogP contribution in [0.15, 0.2) is 78.9 Å². The zero-order chi connectivity index (χ0) is 26.6. The van der Waals surface area contributed by atoms with E-state index in [0.29, 0.717) is 42.0 Å². The predicted octanol–water partition coefficient (Wildman–Crippen LogP) is 5.99. The Kier molecular flexibility index (Phi) is 11.4. The molecular weight excluding hydrogens is 504 g/mol. The van der Waals surface area contributed by atoms with Crippen LogP contribution in [0, 0.1) is 5.92 Å². The van der Waals surface area contributed by atoms with Crippen LogP contribution < -0.4 is 10.1 Å². The van der Waals surface area contributed by atoms with Gasteiger partial charge in [-0.1, -0.05) is 86.1 Å². The van der Waals surface area contributed by atoms with E-state index in [1.54, 1.807) is 12.0 Å². The Bertz CT molecular complexity index is 1160. The number of rotatable bonds is 13. The van der Waals surface area contributed by atoms with Gasteiger partial charge in [0.25, 0.3) is 0 Å². The second-order valence-corrected chi connectivity index (χ2v) is 10.7. The average molecular weight is 539 g/mol. The maximum atomic E-state index is 13.7. The van der Waals surface area contributed by atoms with Crippen LogP contribution in [0.1, 0.15) is 30.5 Å². The lowest BCUT2D eigenvalue weighted by atomic mass is 10.0. The third-order valence-electron chi connectivity index (χ3n) is 5.88. The Morgan fingerprint density at radius 3 is 2.38 bits per heavy atom. The van der Waals surface area contributed by atoms with Crippen molar-refractivity contribution in [3.63, 3.8) is 0 Å². The summed E-state index contributed by atoms with van der Waals surface area (Å²) in [5.41, 5.74) is 2.88. The SMILES string of the molecule is COc1cccc(CN(C(=O)CSCc2ccccc2Cl)C(Cc2ccccc2)C(=O)NCC(C)C)c1. The molecule has 1 atom stereocenters. The van der Waals surface area contributed by atoms with Crippen molar-refractivity contribution in [3.8, 4) is 5.75 Å². The summed E-state index contributed by atoms with van der Waals surface area (Å²) in [7, 11) is 1.62. The van der Waals surface area contributed by atoms with Crippen molar-refractivity contribution < 1.29 is 14.3 Å². The lowest BCUT2D eigenvalue weighted by Crippen LogP contribution is -2.51. The van der Waals surface area contributed by atoms with E-state index < -0.39 is 6.04 Å². The number of hydrogen-bond acceptors (Lipinski definition) is 4. The van der Waals surface area contributed by atoms with Gasteiger partial charge in [0.1, 0.15) is 11.8 Å².